The third-order valence-corrected chi connectivity index (χ3v) is 5.74. The van der Waals surface area contributed by atoms with E-state index in [1.807, 2.05) is 24.0 Å². The summed E-state index contributed by atoms with van der Waals surface area (Å²) in [4.78, 5) is 17.7. The predicted molar refractivity (Wildman–Crippen MR) is 99.6 cm³/mol. The molecule has 2 aromatic rings. The first-order valence-electron chi connectivity index (χ1n) is 7.85. The first-order chi connectivity index (χ1) is 12.0. The summed E-state index contributed by atoms with van der Waals surface area (Å²) in [7, 11) is 0. The molecule has 0 saturated carbocycles. The quantitative estimate of drug-likeness (QED) is 0.804. The van der Waals surface area contributed by atoms with E-state index in [1.165, 1.54) is 11.3 Å². The molecule has 5 nitrogen and oxygen atoms in total. The topological polar surface area (TPSA) is 54.1 Å². The number of carboxylic acid groups (broad SMARTS) is 1. The number of carboxylic acids is 1. The van der Waals surface area contributed by atoms with Crippen LogP contribution in [0, 0.1) is 13.5 Å². The van der Waals surface area contributed by atoms with Crippen LogP contribution in [0.2, 0.25) is 5.02 Å². The van der Waals surface area contributed by atoms with Crippen LogP contribution in [0.4, 0.5) is 10.7 Å². The third kappa shape index (κ3) is 3.64. The summed E-state index contributed by atoms with van der Waals surface area (Å²) in [6.07, 6.45) is 0.406. The van der Waals surface area contributed by atoms with Crippen LogP contribution in [0.1, 0.15) is 26.4 Å². The zero-order valence-electron chi connectivity index (χ0n) is 13.7. The van der Waals surface area contributed by atoms with Crippen molar-refractivity contribution in [3.63, 3.8) is 0 Å². The van der Waals surface area contributed by atoms with Crippen LogP contribution >= 0.6 is 22.9 Å². The number of carbonyl (C=O) groups is 1. The zero-order valence-corrected chi connectivity index (χ0v) is 15.3. The average Bonchev–Trinajstić information content (AvgIpc) is 2.96. The summed E-state index contributed by atoms with van der Waals surface area (Å²) in [6.45, 7) is 12.1. The zero-order chi connectivity index (χ0) is 18.0. The van der Waals surface area contributed by atoms with Crippen molar-refractivity contribution in [2.75, 3.05) is 31.2 Å². The van der Waals surface area contributed by atoms with Gasteiger partial charge in [0.05, 0.1) is 24.8 Å². The molecular weight excluding hydrogens is 360 g/mol. The number of rotatable bonds is 4. The van der Waals surface area contributed by atoms with Crippen LogP contribution in [-0.4, -0.2) is 37.4 Å². The van der Waals surface area contributed by atoms with Gasteiger partial charge in [0.15, 0.2) is 0 Å². The first-order valence-corrected chi connectivity index (χ1v) is 9.05. The lowest BCUT2D eigenvalue weighted by Gasteiger charge is -2.28. The molecule has 0 amide bonds. The van der Waals surface area contributed by atoms with E-state index < -0.39 is 5.97 Å². The minimum absolute atomic E-state index is 0.238. The molecule has 0 bridgehead atoms. The van der Waals surface area contributed by atoms with Gasteiger partial charge in [0.2, 0.25) is 5.69 Å². The van der Waals surface area contributed by atoms with E-state index in [-0.39, 0.29) is 4.88 Å². The Kier molecular flexibility index (Phi) is 5.28. The van der Waals surface area contributed by atoms with Crippen molar-refractivity contribution in [1.29, 1.82) is 0 Å². The average molecular weight is 377 g/mol. The van der Waals surface area contributed by atoms with Gasteiger partial charge in [-0.3, -0.25) is 0 Å². The number of nitrogens with zero attached hydrogens (tertiary/aromatic N) is 2. The van der Waals surface area contributed by atoms with Gasteiger partial charge in [-0.05, 0) is 42.2 Å². The Bertz CT molecular complexity index is 851. The number of aryl methyl sites for hydroxylation is 1. The molecule has 1 fully saturated rings. The van der Waals surface area contributed by atoms with Gasteiger partial charge < -0.3 is 14.7 Å². The second-order valence-electron chi connectivity index (χ2n) is 5.83. The molecule has 0 spiro atoms. The number of halogens is 1. The largest absolute Gasteiger partial charge is 0.477 e. The molecule has 1 aromatic carbocycles. The Labute approximate surface area is 155 Å². The summed E-state index contributed by atoms with van der Waals surface area (Å²) in [6, 6.07) is 5.53. The number of morpholine rings is 1. The van der Waals surface area contributed by atoms with Crippen molar-refractivity contribution in [3.05, 3.63) is 56.2 Å². The molecule has 1 saturated heterocycles. The van der Waals surface area contributed by atoms with Crippen molar-refractivity contribution in [2.45, 2.75) is 13.3 Å². The molecule has 1 N–H and O–H groups in total. The summed E-state index contributed by atoms with van der Waals surface area (Å²) < 4.78 is 5.36. The van der Waals surface area contributed by atoms with Gasteiger partial charge in [0.25, 0.3) is 0 Å². The van der Waals surface area contributed by atoms with Crippen LogP contribution < -0.4 is 4.90 Å². The molecule has 0 aliphatic carbocycles. The van der Waals surface area contributed by atoms with Gasteiger partial charge in [-0.1, -0.05) is 17.7 Å². The lowest BCUT2D eigenvalue weighted by atomic mass is 10.00. The smallest absolute Gasteiger partial charge is 0.344 e. The minimum Gasteiger partial charge on any atom is -0.477 e. The standard InChI is InChI=1S/C18H17ClN2O3S/c1-11-9-13(19)4-3-12(11)10-14-15(20-2)17(25-16(14)18(22)23)21-5-7-24-8-6-21/h3-4,9H,5-8,10H2,1H3,(H,22,23). The normalized spacial score (nSPS) is 14.4. The van der Waals surface area contributed by atoms with Crippen LogP contribution in [0.5, 0.6) is 0 Å². The van der Waals surface area contributed by atoms with Gasteiger partial charge >= 0.3 is 5.97 Å². The van der Waals surface area contributed by atoms with E-state index in [1.54, 1.807) is 6.07 Å². The number of ether oxygens (including phenoxy) is 1. The predicted octanol–water partition coefficient (Wildman–Crippen LogP) is 4.39. The third-order valence-electron chi connectivity index (χ3n) is 4.24. The van der Waals surface area contributed by atoms with Crippen LogP contribution in [0.3, 0.4) is 0 Å². The highest BCUT2D eigenvalue weighted by atomic mass is 35.5. The number of hydrogen-bond acceptors (Lipinski definition) is 4. The molecule has 0 atom stereocenters. The first kappa shape index (κ1) is 17.7. The van der Waals surface area contributed by atoms with E-state index in [0.29, 0.717) is 49.0 Å². The summed E-state index contributed by atoms with van der Waals surface area (Å²) in [5, 5.41) is 11.0. The van der Waals surface area contributed by atoms with Gasteiger partial charge in [-0.2, -0.15) is 0 Å². The van der Waals surface area contributed by atoms with Crippen molar-refractivity contribution < 1.29 is 14.6 Å². The summed E-state index contributed by atoms with van der Waals surface area (Å²) >= 11 is 7.19. The van der Waals surface area contributed by atoms with Crippen molar-refractivity contribution in [2.24, 2.45) is 0 Å². The lowest BCUT2D eigenvalue weighted by Crippen LogP contribution is -2.35. The Morgan fingerprint density at radius 1 is 1.44 bits per heavy atom. The maximum absolute atomic E-state index is 11.8. The Hall–Kier alpha value is -2.07. The monoisotopic (exact) mass is 376 g/mol. The van der Waals surface area contributed by atoms with Gasteiger partial charge in [-0.25, -0.2) is 9.64 Å². The SMILES string of the molecule is [C-]#[N+]c1c(N2CCOCC2)sc(C(=O)O)c1Cc1ccc(Cl)cc1C. The number of benzene rings is 1. The second kappa shape index (κ2) is 7.44. The number of thiophene rings is 1. The summed E-state index contributed by atoms with van der Waals surface area (Å²) in [5.41, 5.74) is 2.99. The molecule has 0 unspecified atom stereocenters. The maximum Gasteiger partial charge on any atom is 0.344 e. The molecule has 25 heavy (non-hydrogen) atoms. The van der Waals surface area contributed by atoms with Crippen LogP contribution in [0.15, 0.2) is 18.2 Å². The molecule has 1 aliphatic heterocycles. The number of anilines is 1. The highest BCUT2D eigenvalue weighted by molar-refractivity contribution is 7.18. The van der Waals surface area contributed by atoms with E-state index in [9.17, 15) is 9.90 Å². The molecular formula is C18H17ClN2O3S. The lowest BCUT2D eigenvalue weighted by molar-refractivity contribution is 0.0701. The fraction of sp³-hybridized carbons (Fsp3) is 0.333. The van der Waals surface area contributed by atoms with E-state index in [2.05, 4.69) is 4.85 Å². The van der Waals surface area contributed by atoms with E-state index in [0.717, 1.165) is 16.1 Å². The fourth-order valence-corrected chi connectivity index (χ4v) is 4.30. The van der Waals surface area contributed by atoms with Crippen molar-refractivity contribution in [1.82, 2.24) is 0 Å². The number of aromatic carboxylic acids is 1. The molecule has 1 aromatic heterocycles. The Balaban J connectivity index is 2.06. The van der Waals surface area contributed by atoms with Crippen LogP contribution in [0.25, 0.3) is 4.85 Å². The molecule has 0 radical (unpaired) electrons. The van der Waals surface area contributed by atoms with E-state index in [4.69, 9.17) is 22.9 Å². The van der Waals surface area contributed by atoms with E-state index >= 15 is 0 Å². The molecule has 1 aliphatic rings. The second-order valence-corrected chi connectivity index (χ2v) is 7.26. The van der Waals surface area contributed by atoms with Crippen molar-refractivity contribution in [3.8, 4) is 0 Å². The minimum atomic E-state index is -0.990. The van der Waals surface area contributed by atoms with Crippen molar-refractivity contribution >= 4 is 39.6 Å². The Morgan fingerprint density at radius 3 is 2.76 bits per heavy atom. The van der Waals surface area contributed by atoms with Gasteiger partial charge in [0.1, 0.15) is 4.88 Å². The highest BCUT2D eigenvalue weighted by Gasteiger charge is 2.27. The molecule has 130 valence electrons. The molecule has 2 heterocycles. The van der Waals surface area contributed by atoms with Gasteiger partial charge in [0, 0.05) is 18.1 Å². The Morgan fingerprint density at radius 2 is 2.16 bits per heavy atom. The number of hydrogen-bond donors (Lipinski definition) is 1. The molecule has 7 heteroatoms. The highest BCUT2D eigenvalue weighted by Crippen LogP contribution is 2.44. The summed E-state index contributed by atoms with van der Waals surface area (Å²) in [5.74, 6) is -0.990. The fourth-order valence-electron chi connectivity index (χ4n) is 2.92. The van der Waals surface area contributed by atoms with Gasteiger partial charge in [-0.15, -0.1) is 11.3 Å². The maximum atomic E-state index is 11.8. The van der Waals surface area contributed by atoms with Crippen LogP contribution in [-0.2, 0) is 11.2 Å². The molecule has 3 rings (SSSR count).